The van der Waals surface area contributed by atoms with E-state index in [1.54, 1.807) is 64.0 Å². The number of methoxy groups -OCH3 is 1. The van der Waals surface area contributed by atoms with E-state index in [1.807, 2.05) is 32.0 Å². The zero-order valence-electron chi connectivity index (χ0n) is 24.0. The number of nitrogens with zero attached hydrogens (tertiary/aromatic N) is 1. The second-order valence-electron chi connectivity index (χ2n) is 10.5. The smallest absolute Gasteiger partial charge is 0.408 e. The molecule has 208 valence electrons. The van der Waals surface area contributed by atoms with Crippen molar-refractivity contribution in [3.05, 3.63) is 59.2 Å². The standard InChI is InChI=1S/C30H43N3O5/c1-9-10-11-19-33(28(35)22(4)31-29(36)38-30(5,6)7)26(25-14-12-13-20(2)21(25)3)27(34)32-23-15-17-24(37-8)18-16-23/h12-18,22,26H,9-11,19H2,1-8H3,(H,31,36)(H,32,34). The first-order chi connectivity index (χ1) is 17.9. The molecule has 38 heavy (non-hydrogen) atoms. The van der Waals surface area contributed by atoms with Gasteiger partial charge in [-0.15, -0.1) is 0 Å². The number of anilines is 1. The molecule has 0 saturated heterocycles. The zero-order chi connectivity index (χ0) is 28.5. The number of unbranched alkanes of at least 4 members (excludes halogenated alkanes) is 2. The van der Waals surface area contributed by atoms with Gasteiger partial charge >= 0.3 is 6.09 Å². The molecule has 2 rings (SSSR count). The Morgan fingerprint density at radius 2 is 1.66 bits per heavy atom. The van der Waals surface area contributed by atoms with Crippen molar-refractivity contribution in [2.45, 2.75) is 85.4 Å². The van der Waals surface area contributed by atoms with Crippen molar-refractivity contribution in [1.29, 1.82) is 0 Å². The molecule has 0 saturated carbocycles. The van der Waals surface area contributed by atoms with Gasteiger partial charge in [-0.05, 0) is 88.9 Å². The van der Waals surface area contributed by atoms with Gasteiger partial charge in [0, 0.05) is 12.2 Å². The molecule has 0 bridgehead atoms. The van der Waals surface area contributed by atoms with E-state index in [9.17, 15) is 14.4 Å². The molecule has 2 aromatic rings. The number of carbonyl (C=O) groups is 3. The number of hydrogen-bond donors (Lipinski definition) is 2. The number of nitrogens with one attached hydrogen (secondary N) is 2. The number of alkyl carbamates (subject to hydrolysis) is 1. The highest BCUT2D eigenvalue weighted by atomic mass is 16.6. The maximum Gasteiger partial charge on any atom is 0.408 e. The number of benzene rings is 2. The first-order valence-electron chi connectivity index (χ1n) is 13.2. The molecule has 0 aliphatic carbocycles. The summed E-state index contributed by atoms with van der Waals surface area (Å²) in [5, 5.41) is 5.62. The number of hydrogen-bond acceptors (Lipinski definition) is 5. The maximum atomic E-state index is 13.9. The monoisotopic (exact) mass is 525 g/mol. The molecule has 0 heterocycles. The van der Waals surface area contributed by atoms with E-state index in [1.165, 1.54) is 0 Å². The van der Waals surface area contributed by atoms with Crippen molar-refractivity contribution >= 4 is 23.6 Å². The minimum absolute atomic E-state index is 0.335. The van der Waals surface area contributed by atoms with Gasteiger partial charge in [-0.1, -0.05) is 38.0 Å². The lowest BCUT2D eigenvalue weighted by atomic mass is 9.94. The fourth-order valence-corrected chi connectivity index (χ4v) is 4.10. The average Bonchev–Trinajstić information content (AvgIpc) is 2.84. The molecule has 0 aromatic heterocycles. The summed E-state index contributed by atoms with van der Waals surface area (Å²) in [6, 6.07) is 11.0. The Balaban J connectivity index is 2.47. The molecule has 2 N–H and O–H groups in total. The quantitative estimate of drug-likeness (QED) is 0.355. The SMILES string of the molecule is CCCCCN(C(=O)C(C)NC(=O)OC(C)(C)C)C(C(=O)Nc1ccc(OC)cc1)c1cccc(C)c1C. The lowest BCUT2D eigenvalue weighted by molar-refractivity contribution is -0.140. The van der Waals surface area contributed by atoms with Crippen molar-refractivity contribution < 1.29 is 23.9 Å². The van der Waals surface area contributed by atoms with Gasteiger partial charge in [0.2, 0.25) is 5.91 Å². The molecule has 2 unspecified atom stereocenters. The van der Waals surface area contributed by atoms with Crippen LogP contribution in [0.3, 0.4) is 0 Å². The summed E-state index contributed by atoms with van der Waals surface area (Å²) in [4.78, 5) is 41.8. The molecule has 0 spiro atoms. The Morgan fingerprint density at radius 1 is 1.00 bits per heavy atom. The second-order valence-corrected chi connectivity index (χ2v) is 10.5. The number of amides is 3. The van der Waals surface area contributed by atoms with Crippen molar-refractivity contribution in [2.75, 3.05) is 19.0 Å². The van der Waals surface area contributed by atoms with Gasteiger partial charge in [0.15, 0.2) is 0 Å². The van der Waals surface area contributed by atoms with Crippen LogP contribution < -0.4 is 15.4 Å². The first kappa shape index (κ1) is 30.7. The Bertz CT molecular complexity index is 1090. The second kappa shape index (κ2) is 13.8. The lowest BCUT2D eigenvalue weighted by Crippen LogP contribution is -2.51. The van der Waals surface area contributed by atoms with Crippen molar-refractivity contribution in [3.63, 3.8) is 0 Å². The molecular weight excluding hydrogens is 482 g/mol. The summed E-state index contributed by atoms with van der Waals surface area (Å²) in [5.74, 6) is -0.0200. The lowest BCUT2D eigenvalue weighted by Gasteiger charge is -2.34. The third-order valence-corrected chi connectivity index (χ3v) is 6.25. The van der Waals surface area contributed by atoms with Crippen LogP contribution in [0, 0.1) is 13.8 Å². The van der Waals surface area contributed by atoms with Crippen LogP contribution in [-0.2, 0) is 14.3 Å². The molecule has 0 radical (unpaired) electrons. The normalized spacial score (nSPS) is 12.7. The van der Waals surface area contributed by atoms with Crippen LogP contribution in [0.1, 0.15) is 76.6 Å². The molecule has 8 heteroatoms. The van der Waals surface area contributed by atoms with Gasteiger partial charge in [0.25, 0.3) is 5.91 Å². The van der Waals surface area contributed by atoms with E-state index >= 15 is 0 Å². The summed E-state index contributed by atoms with van der Waals surface area (Å²) in [7, 11) is 1.58. The minimum Gasteiger partial charge on any atom is -0.497 e. The summed E-state index contributed by atoms with van der Waals surface area (Å²) in [5.41, 5.74) is 2.58. The molecule has 2 aromatic carbocycles. The predicted octanol–water partition coefficient (Wildman–Crippen LogP) is 5.92. The molecule has 8 nitrogen and oxygen atoms in total. The van der Waals surface area contributed by atoms with Crippen molar-refractivity contribution in [2.24, 2.45) is 0 Å². The highest BCUT2D eigenvalue weighted by Crippen LogP contribution is 2.29. The van der Waals surface area contributed by atoms with Crippen LogP contribution in [-0.4, -0.2) is 48.1 Å². The van der Waals surface area contributed by atoms with Gasteiger partial charge in [-0.3, -0.25) is 9.59 Å². The van der Waals surface area contributed by atoms with Gasteiger partial charge in [0.05, 0.1) is 7.11 Å². The van der Waals surface area contributed by atoms with Gasteiger partial charge in [0.1, 0.15) is 23.4 Å². The topological polar surface area (TPSA) is 97.0 Å². The highest BCUT2D eigenvalue weighted by molar-refractivity contribution is 5.99. The van der Waals surface area contributed by atoms with Crippen LogP contribution in [0.4, 0.5) is 10.5 Å². The predicted molar refractivity (Wildman–Crippen MR) is 150 cm³/mol. The fourth-order valence-electron chi connectivity index (χ4n) is 4.10. The molecule has 0 fully saturated rings. The van der Waals surface area contributed by atoms with Crippen LogP contribution in [0.15, 0.2) is 42.5 Å². The number of aryl methyl sites for hydroxylation is 1. The van der Waals surface area contributed by atoms with Crippen molar-refractivity contribution in [3.8, 4) is 5.75 Å². The Morgan fingerprint density at radius 3 is 2.24 bits per heavy atom. The molecule has 0 aliphatic rings. The summed E-state index contributed by atoms with van der Waals surface area (Å²) < 4.78 is 10.6. The van der Waals surface area contributed by atoms with E-state index in [-0.39, 0.29) is 11.8 Å². The minimum atomic E-state index is -0.899. The largest absolute Gasteiger partial charge is 0.497 e. The average molecular weight is 526 g/mol. The van der Waals surface area contributed by atoms with E-state index < -0.39 is 23.8 Å². The molecule has 2 atom stereocenters. The summed E-state index contributed by atoms with van der Waals surface area (Å²) in [6.07, 6.45) is 1.90. The van der Waals surface area contributed by atoms with E-state index in [0.717, 1.165) is 36.0 Å². The number of carbonyl (C=O) groups excluding carboxylic acids is 3. The van der Waals surface area contributed by atoms with Gasteiger partial charge in [-0.2, -0.15) is 0 Å². The van der Waals surface area contributed by atoms with Crippen LogP contribution >= 0.6 is 0 Å². The summed E-state index contributed by atoms with van der Waals surface area (Å²) in [6.45, 7) is 13.3. The molecule has 3 amide bonds. The number of rotatable bonds is 11. The molecule has 0 aliphatic heterocycles. The summed E-state index contributed by atoms with van der Waals surface area (Å²) >= 11 is 0. The Labute approximate surface area is 227 Å². The third-order valence-electron chi connectivity index (χ3n) is 6.25. The van der Waals surface area contributed by atoms with E-state index in [2.05, 4.69) is 17.6 Å². The maximum absolute atomic E-state index is 13.9. The first-order valence-corrected chi connectivity index (χ1v) is 13.2. The van der Waals surface area contributed by atoms with E-state index in [0.29, 0.717) is 18.0 Å². The fraction of sp³-hybridized carbons (Fsp3) is 0.500. The van der Waals surface area contributed by atoms with Gasteiger partial charge in [-0.25, -0.2) is 4.79 Å². The van der Waals surface area contributed by atoms with Crippen LogP contribution in [0.25, 0.3) is 0 Å². The number of ether oxygens (including phenoxy) is 2. The third kappa shape index (κ3) is 8.78. The van der Waals surface area contributed by atoms with Crippen molar-refractivity contribution in [1.82, 2.24) is 10.2 Å². The van der Waals surface area contributed by atoms with Crippen LogP contribution in [0.2, 0.25) is 0 Å². The van der Waals surface area contributed by atoms with E-state index in [4.69, 9.17) is 9.47 Å². The Kier molecular flexibility index (Phi) is 11.2. The van der Waals surface area contributed by atoms with Crippen LogP contribution in [0.5, 0.6) is 5.75 Å². The van der Waals surface area contributed by atoms with Gasteiger partial charge < -0.3 is 25.0 Å². The zero-order valence-corrected chi connectivity index (χ0v) is 24.0. The Hall–Kier alpha value is -3.55. The highest BCUT2D eigenvalue weighted by Gasteiger charge is 2.35. The molecular formula is C30H43N3O5.